The normalized spacial score (nSPS) is 13.6. The lowest BCUT2D eigenvalue weighted by Crippen LogP contribution is -2.18. The molecular weight excluding hydrogens is 454 g/mol. The lowest BCUT2D eigenvalue weighted by Gasteiger charge is -2.18. The fourth-order valence-electron chi connectivity index (χ4n) is 4.72. The van der Waals surface area contributed by atoms with Gasteiger partial charge in [-0.15, -0.1) is 0 Å². The lowest BCUT2D eigenvalue weighted by atomic mass is 10.0. The Morgan fingerprint density at radius 2 is 2.06 bits per heavy atom. The van der Waals surface area contributed by atoms with Gasteiger partial charge in [0.05, 0.1) is 37.9 Å². The van der Waals surface area contributed by atoms with Gasteiger partial charge in [-0.2, -0.15) is 5.10 Å². The van der Waals surface area contributed by atoms with Gasteiger partial charge in [-0.1, -0.05) is 12.1 Å². The molecule has 3 aromatic heterocycles. The molecule has 0 spiro atoms. The van der Waals surface area contributed by atoms with Crippen LogP contribution in [0.4, 0.5) is 5.82 Å². The molecule has 36 heavy (non-hydrogen) atoms. The minimum atomic E-state index is -0.335. The van der Waals surface area contributed by atoms with Crippen molar-refractivity contribution in [3.05, 3.63) is 77.2 Å². The summed E-state index contributed by atoms with van der Waals surface area (Å²) in [6.45, 7) is 3.14. The number of anilines is 1. The quantitative estimate of drug-likeness (QED) is 0.349. The van der Waals surface area contributed by atoms with Crippen LogP contribution in [0, 0.1) is 0 Å². The van der Waals surface area contributed by atoms with E-state index < -0.39 is 0 Å². The Labute approximate surface area is 210 Å². The van der Waals surface area contributed by atoms with E-state index in [1.807, 2.05) is 23.9 Å². The predicted molar refractivity (Wildman–Crippen MR) is 138 cm³/mol. The number of benzene rings is 1. The summed E-state index contributed by atoms with van der Waals surface area (Å²) in [5.41, 5.74) is 5.45. The summed E-state index contributed by atoms with van der Waals surface area (Å²) in [6.07, 6.45) is 7.77. The van der Waals surface area contributed by atoms with Crippen molar-refractivity contribution < 1.29 is 14.3 Å². The van der Waals surface area contributed by atoms with E-state index in [0.717, 1.165) is 60.2 Å². The van der Waals surface area contributed by atoms with Crippen molar-refractivity contribution in [1.82, 2.24) is 19.7 Å². The van der Waals surface area contributed by atoms with E-state index >= 15 is 0 Å². The van der Waals surface area contributed by atoms with Crippen LogP contribution in [0.25, 0.3) is 10.9 Å². The van der Waals surface area contributed by atoms with E-state index in [1.165, 1.54) is 11.1 Å². The molecule has 1 aliphatic rings. The third kappa shape index (κ3) is 5.17. The highest BCUT2D eigenvalue weighted by Gasteiger charge is 2.22. The molecule has 186 valence electrons. The summed E-state index contributed by atoms with van der Waals surface area (Å²) in [7, 11) is 1.58. The Morgan fingerprint density at radius 3 is 2.86 bits per heavy atom. The monoisotopic (exact) mass is 485 g/mol. The Bertz CT molecular complexity index is 1350. The standard InChI is InChI=1S/C28H31N5O3/c1-3-36-27(34)16-25(21-9-13-26(35-2)30-17-21)33-24-12-7-19(15-22(24)18-31-33)6-10-23-11-8-20-5-4-14-29-28(20)32-23/h7-9,11-13,15,17-18,25H,3-6,10,14,16H2,1-2H3,(H,29,32). The number of methoxy groups -OCH3 is 1. The molecule has 0 bridgehead atoms. The summed E-state index contributed by atoms with van der Waals surface area (Å²) in [6, 6.07) is 14.1. The lowest BCUT2D eigenvalue weighted by molar-refractivity contribution is -0.143. The van der Waals surface area contributed by atoms with Gasteiger partial charge in [0, 0.05) is 29.9 Å². The van der Waals surface area contributed by atoms with Crippen LogP contribution in [0.3, 0.4) is 0 Å². The van der Waals surface area contributed by atoms with Gasteiger partial charge in [-0.25, -0.2) is 9.97 Å². The summed E-state index contributed by atoms with van der Waals surface area (Å²) < 4.78 is 12.3. The van der Waals surface area contributed by atoms with E-state index in [0.29, 0.717) is 12.5 Å². The number of nitrogens with zero attached hydrogens (tertiary/aromatic N) is 4. The first kappa shape index (κ1) is 23.8. The number of aromatic nitrogens is 4. The second kappa shape index (κ2) is 10.8. The number of carbonyl (C=O) groups is 1. The predicted octanol–water partition coefficient (Wildman–Crippen LogP) is 4.52. The van der Waals surface area contributed by atoms with Gasteiger partial charge in [0.15, 0.2) is 0 Å². The second-order valence-electron chi connectivity index (χ2n) is 8.98. The summed E-state index contributed by atoms with van der Waals surface area (Å²) in [4.78, 5) is 21.6. The molecule has 0 radical (unpaired) electrons. The van der Waals surface area contributed by atoms with Crippen LogP contribution in [-0.4, -0.2) is 46.0 Å². The van der Waals surface area contributed by atoms with E-state index in [2.05, 4.69) is 45.7 Å². The molecule has 4 aromatic rings. The topological polar surface area (TPSA) is 91.2 Å². The number of hydrogen-bond donors (Lipinski definition) is 1. The van der Waals surface area contributed by atoms with Crippen LogP contribution in [0.15, 0.2) is 54.9 Å². The summed E-state index contributed by atoms with van der Waals surface area (Å²) in [5, 5.41) is 9.11. The number of ether oxygens (including phenoxy) is 2. The van der Waals surface area contributed by atoms with Gasteiger partial charge in [0.25, 0.3) is 0 Å². The van der Waals surface area contributed by atoms with Gasteiger partial charge in [0.1, 0.15) is 5.82 Å². The average Bonchev–Trinajstić information content (AvgIpc) is 3.34. The molecule has 4 heterocycles. The molecular formula is C28H31N5O3. The number of aryl methyl sites for hydroxylation is 3. The molecule has 5 rings (SSSR count). The van der Waals surface area contributed by atoms with Crippen molar-refractivity contribution in [3.8, 4) is 5.88 Å². The minimum absolute atomic E-state index is 0.165. The fourth-order valence-corrected chi connectivity index (χ4v) is 4.72. The Morgan fingerprint density at radius 1 is 1.14 bits per heavy atom. The molecule has 8 nitrogen and oxygen atoms in total. The number of esters is 1. The molecule has 8 heteroatoms. The highest BCUT2D eigenvalue weighted by molar-refractivity contribution is 5.80. The van der Waals surface area contributed by atoms with E-state index in [9.17, 15) is 4.79 Å². The molecule has 1 atom stereocenters. The maximum atomic E-state index is 12.4. The van der Waals surface area contributed by atoms with Crippen molar-refractivity contribution in [2.24, 2.45) is 0 Å². The highest BCUT2D eigenvalue weighted by Crippen LogP contribution is 2.28. The summed E-state index contributed by atoms with van der Waals surface area (Å²) in [5.74, 6) is 1.29. The number of rotatable bonds is 9. The summed E-state index contributed by atoms with van der Waals surface area (Å²) >= 11 is 0. The molecule has 0 aliphatic carbocycles. The zero-order valence-electron chi connectivity index (χ0n) is 20.7. The number of pyridine rings is 2. The maximum absolute atomic E-state index is 12.4. The smallest absolute Gasteiger partial charge is 0.308 e. The highest BCUT2D eigenvalue weighted by atomic mass is 16.5. The Balaban J connectivity index is 1.37. The van der Waals surface area contributed by atoms with Crippen LogP contribution < -0.4 is 10.1 Å². The second-order valence-corrected chi connectivity index (χ2v) is 8.98. The zero-order chi connectivity index (χ0) is 24.9. The van der Waals surface area contributed by atoms with Gasteiger partial charge < -0.3 is 14.8 Å². The Kier molecular flexibility index (Phi) is 7.11. The molecule has 0 fully saturated rings. The molecule has 0 amide bonds. The number of carbonyl (C=O) groups excluding carboxylic acids is 1. The molecule has 1 N–H and O–H groups in total. The molecule has 0 saturated heterocycles. The number of fused-ring (bicyclic) bond motifs is 2. The molecule has 0 saturated carbocycles. The first-order chi connectivity index (χ1) is 17.6. The van der Waals surface area contributed by atoms with Gasteiger partial charge in [-0.3, -0.25) is 9.48 Å². The van der Waals surface area contributed by atoms with Crippen LogP contribution >= 0.6 is 0 Å². The van der Waals surface area contributed by atoms with E-state index in [-0.39, 0.29) is 18.4 Å². The van der Waals surface area contributed by atoms with Crippen molar-refractivity contribution in [2.45, 2.75) is 45.1 Å². The van der Waals surface area contributed by atoms with Crippen LogP contribution in [0.2, 0.25) is 0 Å². The van der Waals surface area contributed by atoms with Crippen molar-refractivity contribution in [2.75, 3.05) is 25.6 Å². The third-order valence-electron chi connectivity index (χ3n) is 6.60. The van der Waals surface area contributed by atoms with Gasteiger partial charge in [0.2, 0.25) is 5.88 Å². The van der Waals surface area contributed by atoms with Crippen LogP contribution in [0.5, 0.6) is 5.88 Å². The molecule has 1 aliphatic heterocycles. The largest absolute Gasteiger partial charge is 0.481 e. The van der Waals surface area contributed by atoms with E-state index in [1.54, 1.807) is 19.4 Å². The maximum Gasteiger partial charge on any atom is 0.308 e. The first-order valence-corrected chi connectivity index (χ1v) is 12.5. The Hall–Kier alpha value is -3.94. The van der Waals surface area contributed by atoms with E-state index in [4.69, 9.17) is 14.5 Å². The minimum Gasteiger partial charge on any atom is -0.481 e. The van der Waals surface area contributed by atoms with Crippen molar-refractivity contribution >= 4 is 22.7 Å². The molecule has 1 aromatic carbocycles. The number of hydrogen-bond acceptors (Lipinski definition) is 7. The SMILES string of the molecule is CCOC(=O)CC(c1ccc(OC)nc1)n1ncc2cc(CCc3ccc4c(n3)NCCC4)ccc21. The first-order valence-electron chi connectivity index (χ1n) is 12.5. The zero-order valence-corrected chi connectivity index (χ0v) is 20.7. The third-order valence-corrected chi connectivity index (χ3v) is 6.60. The average molecular weight is 486 g/mol. The van der Waals surface area contributed by atoms with Crippen molar-refractivity contribution in [1.29, 1.82) is 0 Å². The number of nitrogens with one attached hydrogen (secondary N) is 1. The van der Waals surface area contributed by atoms with Gasteiger partial charge in [-0.05, 0) is 73.6 Å². The van der Waals surface area contributed by atoms with Crippen molar-refractivity contribution in [3.63, 3.8) is 0 Å². The molecule has 1 unspecified atom stereocenters. The van der Waals surface area contributed by atoms with Crippen LogP contribution in [-0.2, 0) is 28.8 Å². The van der Waals surface area contributed by atoms with Gasteiger partial charge >= 0.3 is 5.97 Å². The van der Waals surface area contributed by atoms with Crippen LogP contribution in [0.1, 0.15) is 48.2 Å². The fraction of sp³-hybridized carbons (Fsp3) is 0.357.